The van der Waals surface area contributed by atoms with Crippen molar-refractivity contribution in [3.63, 3.8) is 0 Å². The molecule has 10 aliphatic rings. The number of carbonyl (C=O) groups is 6. The zero-order chi connectivity index (χ0) is 94.4. The molecule has 6 amide bonds. The van der Waals surface area contributed by atoms with Crippen LogP contribution in [0.25, 0.3) is 0 Å². The number of nitrogens with one attached hydrogen (secondary N) is 6. The van der Waals surface area contributed by atoms with Crippen LogP contribution in [-0.4, -0.2) is 529 Å². The average molecular weight is 1870 g/mol. The number of aliphatic hydroxyl groups excluding tert-OH is 25. The van der Waals surface area contributed by atoms with E-state index < -0.39 is 402 Å². The number of aliphatic hydroxyl groups is 25. The molecule has 128 heavy (non-hydrogen) atoms. The predicted octanol–water partition coefficient (Wildman–Crippen LogP) is -20.9. The zero-order valence-electron chi connectivity index (χ0n) is 69.6. The minimum absolute atomic E-state index is 0.812. The molecule has 10 rings (SSSR count). The van der Waals surface area contributed by atoms with E-state index in [1.165, 1.54) is 6.92 Å². The molecule has 0 aromatic carbocycles. The topological polar surface area (TPSA) is 856 Å². The Morgan fingerprint density at radius 2 is 0.477 bits per heavy atom. The maximum atomic E-state index is 13.5. The summed E-state index contributed by atoms with van der Waals surface area (Å²) < 4.78 is 114. The highest BCUT2D eigenvalue weighted by molar-refractivity contribution is 5.75. The molecule has 0 spiro atoms. The van der Waals surface area contributed by atoms with Crippen molar-refractivity contribution in [3.05, 3.63) is 0 Å². The molecule has 0 aromatic heterocycles. The van der Waals surface area contributed by atoms with Crippen LogP contribution in [0.2, 0.25) is 0 Å². The van der Waals surface area contributed by atoms with Crippen LogP contribution >= 0.6 is 0 Å². The number of rotatable bonds is 33. The van der Waals surface area contributed by atoms with E-state index in [0.717, 1.165) is 41.5 Å². The first kappa shape index (κ1) is 105. The van der Waals surface area contributed by atoms with E-state index >= 15 is 0 Å². The Hall–Kier alpha value is -4.94. The van der Waals surface area contributed by atoms with Gasteiger partial charge < -0.3 is 250 Å². The second-order valence-electron chi connectivity index (χ2n) is 32.4. The van der Waals surface area contributed by atoms with Crippen molar-refractivity contribution in [3.8, 4) is 0 Å². The monoisotopic (exact) mass is 1870 g/mol. The van der Waals surface area contributed by atoms with Crippen LogP contribution in [0.4, 0.5) is 0 Å². The Bertz CT molecular complexity index is 3550. The van der Waals surface area contributed by atoms with Gasteiger partial charge in [0.05, 0.1) is 65.6 Å². The summed E-state index contributed by atoms with van der Waals surface area (Å²) >= 11 is 0. The van der Waals surface area contributed by atoms with Gasteiger partial charge in [-0.1, -0.05) is 0 Å². The lowest BCUT2D eigenvalue weighted by Crippen LogP contribution is -2.71. The fourth-order valence-corrected chi connectivity index (χ4v) is 16.7. The molecule has 0 saturated carbocycles. The highest BCUT2D eigenvalue weighted by Crippen LogP contribution is 2.41. The fraction of sp³-hybridized carbons (Fsp3) is 0.917. The second-order valence-corrected chi connectivity index (χ2v) is 32.4. The molecule has 1 unspecified atom stereocenters. The predicted molar refractivity (Wildman–Crippen MR) is 398 cm³/mol. The first-order chi connectivity index (χ1) is 60.5. The highest BCUT2D eigenvalue weighted by Gasteiger charge is 2.63. The van der Waals surface area contributed by atoms with E-state index in [2.05, 4.69) is 31.9 Å². The third-order valence-electron chi connectivity index (χ3n) is 23.2. The normalized spacial score (nSPS) is 47.8. The number of amides is 6. The molecule has 56 heteroatoms. The smallest absolute Gasteiger partial charge is 0.217 e. The molecule has 10 saturated heterocycles. The maximum Gasteiger partial charge on any atom is 0.217 e. The van der Waals surface area contributed by atoms with Crippen LogP contribution in [-0.2, 0) is 119 Å². The number of hydrogen-bond donors (Lipinski definition) is 31. The standard InChI is InChI=1S/C72H120N6O50/c1-17-39(93)51(105)52(106)69(111-17)128-62-61(127-66-34(74-19(3)88)47(101)41(95)25(9-80)114-66)44(98)28(12-83)116-72(62)123-57-31(15-86)119-68(37(50(57)104)77-22(6)91)126-60-45(99)32(120-71(54(60)108)122-56-30(14-85)118-67(36(49(56)103)76-21(5)90)124-58-38(78-23(7)92)63(109)112-26(10-81)42(58)96)16-110-64-35(75-20(4)89)48(102)55(29(13-84)117-64)121-70-53(107)59(43(97)27(11-82)115-70)125-65-33(73-18(2)87)46(100)40(94)24(8-79)113-65/h17,24-72,79-86,93-109H,8-16H2,1-7H3,(H,73,87)(H,74,88)(H,75,89)(H,76,90)(H,77,91)(H,78,92)/t17-,24+,25+,26+,27+,28+,29+,30+,31+,32+,33+,34+,35+,36+,37+,38+,39+,40-,41-,42-,43-,44-,45-,46+,47+,48+,49+,50+,51+,52-,53+,54+,55+,56+,57+,58+,59-,60-,61-,62+,63?,64+,65+,66+,67-,68-,69-,70-,71-,72-/m0/s1. The highest BCUT2D eigenvalue weighted by atomic mass is 16.8. The Kier molecular flexibility index (Phi) is 37.8. The largest absolute Gasteiger partial charge is 0.394 e. The summed E-state index contributed by atoms with van der Waals surface area (Å²) in [6, 6.07) is -11.2. The molecular weight excluding hydrogens is 1750 g/mol. The molecular formula is C72H120N6O50. The van der Waals surface area contributed by atoms with Gasteiger partial charge in [0.1, 0.15) is 238 Å². The van der Waals surface area contributed by atoms with Crippen molar-refractivity contribution in [2.45, 2.75) is 355 Å². The molecule has 10 aliphatic heterocycles. The van der Waals surface area contributed by atoms with E-state index in [9.17, 15) is 156 Å². The quantitative estimate of drug-likeness (QED) is 0.0290. The van der Waals surface area contributed by atoms with Gasteiger partial charge in [-0.3, -0.25) is 28.8 Å². The zero-order valence-corrected chi connectivity index (χ0v) is 69.6. The maximum absolute atomic E-state index is 13.5. The summed E-state index contributed by atoms with van der Waals surface area (Å²) in [5.41, 5.74) is 0. The molecule has 10 fully saturated rings. The fourth-order valence-electron chi connectivity index (χ4n) is 16.7. The van der Waals surface area contributed by atoms with Crippen LogP contribution in [0.5, 0.6) is 0 Å². The minimum Gasteiger partial charge on any atom is -0.394 e. The van der Waals surface area contributed by atoms with Crippen molar-refractivity contribution in [2.24, 2.45) is 0 Å². The lowest BCUT2D eigenvalue weighted by molar-refractivity contribution is -0.402. The number of hydrogen-bond acceptors (Lipinski definition) is 50. The molecule has 0 aromatic rings. The van der Waals surface area contributed by atoms with Crippen molar-refractivity contribution in [1.29, 1.82) is 0 Å². The molecule has 738 valence electrons. The van der Waals surface area contributed by atoms with Gasteiger partial charge in [-0.15, -0.1) is 0 Å². The molecule has 10 heterocycles. The van der Waals surface area contributed by atoms with Crippen LogP contribution in [0.1, 0.15) is 48.5 Å². The first-order valence-corrected chi connectivity index (χ1v) is 41.0. The number of carbonyl (C=O) groups excluding carboxylic acids is 6. The van der Waals surface area contributed by atoms with Crippen LogP contribution in [0.3, 0.4) is 0 Å². The van der Waals surface area contributed by atoms with E-state index in [4.69, 9.17) is 90.0 Å². The van der Waals surface area contributed by atoms with E-state index in [1.54, 1.807) is 0 Å². The van der Waals surface area contributed by atoms with Gasteiger partial charge in [0.15, 0.2) is 62.9 Å². The first-order valence-electron chi connectivity index (χ1n) is 41.0. The third-order valence-corrected chi connectivity index (χ3v) is 23.2. The average Bonchev–Trinajstić information content (AvgIpc) is 0.762. The van der Waals surface area contributed by atoms with Gasteiger partial charge in [0.2, 0.25) is 35.4 Å². The minimum atomic E-state index is -2.58. The van der Waals surface area contributed by atoms with Gasteiger partial charge in [-0.25, -0.2) is 0 Å². The Labute approximate surface area is 726 Å². The summed E-state index contributed by atoms with van der Waals surface area (Å²) in [7, 11) is 0. The van der Waals surface area contributed by atoms with Crippen molar-refractivity contribution in [1.82, 2.24) is 31.9 Å². The molecule has 0 aliphatic carbocycles. The molecule has 56 nitrogen and oxygen atoms in total. The van der Waals surface area contributed by atoms with Crippen molar-refractivity contribution >= 4 is 35.4 Å². The van der Waals surface area contributed by atoms with Crippen LogP contribution in [0.15, 0.2) is 0 Å². The van der Waals surface area contributed by atoms with Crippen LogP contribution in [0, 0.1) is 0 Å². The summed E-state index contributed by atoms with van der Waals surface area (Å²) in [4.78, 5) is 77.2. The molecule has 0 bridgehead atoms. The molecule has 50 atom stereocenters. The Morgan fingerprint density at radius 1 is 0.219 bits per heavy atom. The van der Waals surface area contributed by atoms with E-state index in [1.807, 2.05) is 0 Å². The lowest BCUT2D eigenvalue weighted by Gasteiger charge is -2.52. The van der Waals surface area contributed by atoms with Gasteiger partial charge >= 0.3 is 0 Å². The summed E-state index contributed by atoms with van der Waals surface area (Å²) in [5, 5.41) is 297. The Balaban J connectivity index is 0.980. The van der Waals surface area contributed by atoms with E-state index in [-0.39, 0.29) is 0 Å². The van der Waals surface area contributed by atoms with Gasteiger partial charge in [-0.05, 0) is 6.92 Å². The molecule has 0 radical (unpaired) electrons. The number of ether oxygens (including phenoxy) is 19. The summed E-state index contributed by atoms with van der Waals surface area (Å²) in [6.45, 7) is -3.10. The van der Waals surface area contributed by atoms with E-state index in [0.29, 0.717) is 0 Å². The molecule has 31 N–H and O–H groups in total. The summed E-state index contributed by atoms with van der Waals surface area (Å²) in [5.74, 6) is -5.49. The van der Waals surface area contributed by atoms with Gasteiger partial charge in [0, 0.05) is 41.5 Å². The van der Waals surface area contributed by atoms with Crippen LogP contribution < -0.4 is 31.9 Å². The SMILES string of the molecule is CC(=O)N[C@H]1[C@H](OC[C@H]2O[C@@H](O[C@H]3[C@H](O)[C@@H](NC(C)=O)[C@H](O[C@H]4[C@@H](O)[C@@H](CO)OC(O)[C@@H]4NC(C)=O)O[C@@H]3CO)[C@H](O)[C@@H](O[C@@H]3O[C@H](CO)[C@@H](O[C@@H]4O[C@H](CO)[C@H](O)[C@H](O[C@H]5O[C@H](CO)[C@H](O)[C@H](O)[C@H]5NC(C)=O)[C@H]4O[C@@H]4O[C@@H](C)[C@@H](O)[C@@H](O)[C@@H]4O)[C@H](O)[C@H]3NC(C)=O)[C@H]2O)O[C@H](CO)[C@@H](O[C@@H]2O[C@H](CO)[C@H](O)[C@H](O[C@H]3O[C@H](CO)[C@H](O)[C@H](O)[C@H]3NC(C)=O)[C@H]2O)[C@@H]1O. The second kappa shape index (κ2) is 46.1. The summed E-state index contributed by atoms with van der Waals surface area (Å²) in [6.07, 6.45) is -91.0. The van der Waals surface area contributed by atoms with Crippen molar-refractivity contribution in [2.75, 3.05) is 59.5 Å². The van der Waals surface area contributed by atoms with Gasteiger partial charge in [-0.2, -0.15) is 0 Å². The van der Waals surface area contributed by atoms with Gasteiger partial charge in [0.25, 0.3) is 0 Å². The lowest BCUT2D eigenvalue weighted by atomic mass is 9.93. The van der Waals surface area contributed by atoms with Crippen molar-refractivity contribution < 1.29 is 246 Å². The Morgan fingerprint density at radius 3 is 0.867 bits per heavy atom. The third kappa shape index (κ3) is 23.6.